The maximum absolute atomic E-state index is 10.8. The van der Waals surface area contributed by atoms with Gasteiger partial charge in [0.25, 0.3) is 0 Å². The largest absolute Gasteiger partial charge is 0.388 e. The van der Waals surface area contributed by atoms with Gasteiger partial charge >= 0.3 is 0 Å². The first kappa shape index (κ1) is 16.4. The van der Waals surface area contributed by atoms with Crippen LogP contribution < -0.4 is 10.6 Å². The molecule has 4 heteroatoms. The third-order valence-electron chi connectivity index (χ3n) is 2.25. The van der Waals surface area contributed by atoms with Crippen LogP contribution in [0, 0.1) is 0 Å². The summed E-state index contributed by atoms with van der Waals surface area (Å²) in [4.78, 5) is 21.6. The van der Waals surface area contributed by atoms with E-state index in [0.29, 0.717) is 0 Å². The molecule has 0 heterocycles. The van der Waals surface area contributed by atoms with Crippen LogP contribution in [0.15, 0.2) is 23.5 Å². The van der Waals surface area contributed by atoms with E-state index in [4.69, 9.17) is 0 Å². The van der Waals surface area contributed by atoms with Gasteiger partial charge in [-0.2, -0.15) is 0 Å². The first-order valence-electron chi connectivity index (χ1n) is 6.27. The van der Waals surface area contributed by atoms with Crippen LogP contribution in [0.2, 0.25) is 0 Å². The van der Waals surface area contributed by atoms with Crippen LogP contribution in [-0.4, -0.2) is 24.7 Å². The topological polar surface area (TPSA) is 58.2 Å². The van der Waals surface area contributed by atoms with Gasteiger partial charge in [-0.1, -0.05) is 0 Å². The number of hydrogen-bond acceptors (Lipinski definition) is 4. The molecule has 18 heavy (non-hydrogen) atoms. The van der Waals surface area contributed by atoms with Crippen LogP contribution in [0.4, 0.5) is 0 Å². The minimum Gasteiger partial charge on any atom is -0.388 e. The quantitative estimate of drug-likeness (QED) is 0.486. The van der Waals surface area contributed by atoms with Gasteiger partial charge in [-0.3, -0.25) is 9.59 Å². The molecule has 0 saturated heterocycles. The molecule has 0 amide bonds. The molecule has 0 bridgehead atoms. The highest BCUT2D eigenvalue weighted by molar-refractivity contribution is 5.88. The van der Waals surface area contributed by atoms with Crippen molar-refractivity contribution in [2.75, 3.05) is 13.1 Å². The number of ketones is 2. The van der Waals surface area contributed by atoms with Gasteiger partial charge in [-0.25, -0.2) is 0 Å². The van der Waals surface area contributed by atoms with Gasteiger partial charge in [-0.15, -0.1) is 0 Å². The number of unbranched alkanes of at least 4 members (excludes halogenated alkanes) is 1. The number of carbonyl (C=O) groups excluding carboxylic acids is 2. The molecule has 0 unspecified atom stereocenters. The Morgan fingerprint density at radius 2 is 1.11 bits per heavy atom. The summed E-state index contributed by atoms with van der Waals surface area (Å²) in [5.41, 5.74) is 1.81. The summed E-state index contributed by atoms with van der Waals surface area (Å²) in [7, 11) is 0. The van der Waals surface area contributed by atoms with Gasteiger partial charge < -0.3 is 10.6 Å². The predicted molar refractivity (Wildman–Crippen MR) is 74.1 cm³/mol. The summed E-state index contributed by atoms with van der Waals surface area (Å²) in [6.07, 6.45) is 5.23. The molecule has 4 nitrogen and oxygen atoms in total. The Bertz CT molecular complexity index is 310. The van der Waals surface area contributed by atoms with Crippen molar-refractivity contribution >= 4 is 11.6 Å². The Morgan fingerprint density at radius 1 is 0.778 bits per heavy atom. The molecular weight excluding hydrogens is 228 g/mol. The van der Waals surface area contributed by atoms with Crippen molar-refractivity contribution < 1.29 is 9.59 Å². The third-order valence-corrected chi connectivity index (χ3v) is 2.25. The number of rotatable bonds is 9. The lowest BCUT2D eigenvalue weighted by Crippen LogP contribution is -2.17. The molecule has 0 fully saturated rings. The molecule has 0 rings (SSSR count). The van der Waals surface area contributed by atoms with Gasteiger partial charge in [0.1, 0.15) is 0 Å². The van der Waals surface area contributed by atoms with E-state index in [1.165, 1.54) is 0 Å². The van der Waals surface area contributed by atoms with E-state index in [2.05, 4.69) is 10.6 Å². The van der Waals surface area contributed by atoms with Crippen LogP contribution in [-0.2, 0) is 9.59 Å². The fourth-order valence-electron chi connectivity index (χ4n) is 1.53. The Hall–Kier alpha value is -1.58. The van der Waals surface area contributed by atoms with E-state index < -0.39 is 0 Å². The van der Waals surface area contributed by atoms with Crippen molar-refractivity contribution in [1.29, 1.82) is 0 Å². The lowest BCUT2D eigenvalue weighted by atomic mass is 10.2. The first-order valence-corrected chi connectivity index (χ1v) is 6.27. The molecule has 102 valence electrons. The monoisotopic (exact) mass is 252 g/mol. The molecule has 0 aliphatic rings. The third kappa shape index (κ3) is 10.9. The summed E-state index contributed by atoms with van der Waals surface area (Å²) < 4.78 is 0. The van der Waals surface area contributed by atoms with Crippen LogP contribution in [0.5, 0.6) is 0 Å². The first-order chi connectivity index (χ1) is 8.41. The number of hydrogen-bond donors (Lipinski definition) is 2. The van der Waals surface area contributed by atoms with Crippen LogP contribution >= 0.6 is 0 Å². The molecule has 0 aromatic heterocycles. The van der Waals surface area contributed by atoms with E-state index in [0.717, 1.165) is 37.3 Å². The highest BCUT2D eigenvalue weighted by Crippen LogP contribution is 1.93. The van der Waals surface area contributed by atoms with E-state index in [1.54, 1.807) is 26.0 Å². The van der Waals surface area contributed by atoms with E-state index in [1.807, 2.05) is 13.8 Å². The minimum atomic E-state index is 0.0617. The second kappa shape index (κ2) is 9.45. The van der Waals surface area contributed by atoms with E-state index in [-0.39, 0.29) is 11.6 Å². The van der Waals surface area contributed by atoms with Gasteiger partial charge in [0, 0.05) is 24.5 Å². The molecular formula is C14H24N2O2. The molecule has 0 aliphatic carbocycles. The van der Waals surface area contributed by atoms with Crippen molar-refractivity contribution in [3.8, 4) is 0 Å². The molecule has 0 aromatic carbocycles. The van der Waals surface area contributed by atoms with Gasteiger partial charge in [0.2, 0.25) is 0 Å². The SMILES string of the molecule is CC(=O)/C=C(\C)NCCCCN/C(C)=C/C(C)=O. The van der Waals surface area contributed by atoms with E-state index >= 15 is 0 Å². The molecule has 0 aliphatic heterocycles. The molecule has 0 spiro atoms. The van der Waals surface area contributed by atoms with Gasteiger partial charge in [0.15, 0.2) is 11.6 Å². The van der Waals surface area contributed by atoms with Crippen molar-refractivity contribution in [2.24, 2.45) is 0 Å². The number of allylic oxidation sites excluding steroid dienone is 4. The standard InChI is InChI=1S/C14H24N2O2/c1-11(9-13(3)17)15-7-5-6-8-16-12(2)10-14(4)18/h9-10,15-16H,5-8H2,1-4H3/b11-9+,12-10+. The molecule has 0 saturated carbocycles. The molecule has 0 aromatic rings. The van der Waals surface area contributed by atoms with Crippen LogP contribution in [0.1, 0.15) is 40.5 Å². The lowest BCUT2D eigenvalue weighted by molar-refractivity contribution is -0.113. The maximum Gasteiger partial charge on any atom is 0.154 e. The van der Waals surface area contributed by atoms with Crippen molar-refractivity contribution in [3.05, 3.63) is 23.5 Å². The Kier molecular flexibility index (Phi) is 8.62. The fraction of sp³-hybridized carbons (Fsp3) is 0.571. The Morgan fingerprint density at radius 3 is 1.39 bits per heavy atom. The second-order valence-electron chi connectivity index (χ2n) is 4.44. The summed E-state index contributed by atoms with van der Waals surface area (Å²) in [6.45, 7) is 8.57. The van der Waals surface area contributed by atoms with Crippen LogP contribution in [0.25, 0.3) is 0 Å². The molecule has 2 N–H and O–H groups in total. The molecule has 0 atom stereocenters. The summed E-state index contributed by atoms with van der Waals surface area (Å²) in [5.74, 6) is 0.123. The fourth-order valence-corrected chi connectivity index (χ4v) is 1.53. The average Bonchev–Trinajstić information content (AvgIpc) is 2.20. The smallest absolute Gasteiger partial charge is 0.154 e. The van der Waals surface area contributed by atoms with Crippen LogP contribution in [0.3, 0.4) is 0 Å². The Labute approximate surface area is 110 Å². The van der Waals surface area contributed by atoms with Gasteiger partial charge in [-0.05, 0) is 52.7 Å². The highest BCUT2D eigenvalue weighted by Gasteiger charge is 1.93. The summed E-state index contributed by atoms with van der Waals surface area (Å²) >= 11 is 0. The Balaban J connectivity index is 3.58. The molecule has 0 radical (unpaired) electrons. The average molecular weight is 252 g/mol. The normalized spacial score (nSPS) is 12.2. The maximum atomic E-state index is 10.8. The van der Waals surface area contributed by atoms with Gasteiger partial charge in [0.05, 0.1) is 0 Å². The van der Waals surface area contributed by atoms with E-state index in [9.17, 15) is 9.59 Å². The lowest BCUT2D eigenvalue weighted by Gasteiger charge is -2.08. The van der Waals surface area contributed by atoms with Crippen molar-refractivity contribution in [1.82, 2.24) is 10.6 Å². The zero-order valence-corrected chi connectivity index (χ0v) is 11.8. The summed E-state index contributed by atoms with van der Waals surface area (Å²) in [6, 6.07) is 0. The summed E-state index contributed by atoms with van der Waals surface area (Å²) in [5, 5.41) is 6.36. The zero-order chi connectivity index (χ0) is 14.0. The zero-order valence-electron chi connectivity index (χ0n) is 11.8. The van der Waals surface area contributed by atoms with Crippen molar-refractivity contribution in [3.63, 3.8) is 0 Å². The number of nitrogens with one attached hydrogen (secondary N) is 2. The second-order valence-corrected chi connectivity index (χ2v) is 4.44. The highest BCUT2D eigenvalue weighted by atomic mass is 16.1. The predicted octanol–water partition coefficient (Wildman–Crippen LogP) is 1.93. The number of carbonyl (C=O) groups is 2. The minimum absolute atomic E-state index is 0.0617. The van der Waals surface area contributed by atoms with Crippen molar-refractivity contribution in [2.45, 2.75) is 40.5 Å².